The van der Waals surface area contributed by atoms with Gasteiger partial charge in [-0.2, -0.15) is 0 Å². The van der Waals surface area contributed by atoms with Crippen molar-refractivity contribution in [2.75, 3.05) is 7.05 Å². The number of hydrogen-bond acceptors (Lipinski definition) is 3. The van der Waals surface area contributed by atoms with Crippen LogP contribution in [-0.4, -0.2) is 17.1 Å². The average Bonchev–Trinajstić information content (AvgIpc) is 2.26. The highest BCUT2D eigenvalue weighted by Gasteiger charge is 2.10. The summed E-state index contributed by atoms with van der Waals surface area (Å²) in [5, 5.41) is 14.2. The van der Waals surface area contributed by atoms with E-state index >= 15 is 0 Å². The lowest BCUT2D eigenvalue weighted by Crippen LogP contribution is -2.06. The van der Waals surface area contributed by atoms with Crippen molar-refractivity contribution in [1.82, 2.24) is 10.3 Å². The fourth-order valence-electron chi connectivity index (χ4n) is 1.52. The Hall–Kier alpha value is -1.03. The third-order valence-electron chi connectivity index (χ3n) is 2.27. The van der Waals surface area contributed by atoms with Gasteiger partial charge in [0.2, 0.25) is 0 Å². The Balaban J connectivity index is 2.71. The van der Waals surface area contributed by atoms with Gasteiger partial charge in [0.05, 0.1) is 15.7 Å². The van der Waals surface area contributed by atoms with E-state index < -0.39 is 0 Å². The van der Waals surface area contributed by atoms with Crippen LogP contribution in [0, 0.1) is 0 Å². The average molecular weight is 257 g/mol. The number of rotatable bonds is 2. The molecular weight excluding hydrogens is 247 g/mol. The van der Waals surface area contributed by atoms with E-state index in [0.717, 1.165) is 5.69 Å². The molecule has 0 aliphatic carbocycles. The first-order valence-corrected chi connectivity index (χ1v) is 5.50. The number of aromatic hydroxyl groups is 1. The Kier molecular flexibility index (Phi) is 3.19. The quantitative estimate of drug-likeness (QED) is 0.869. The fraction of sp³-hybridized carbons (Fsp3) is 0.182. The number of hydrogen-bond donors (Lipinski definition) is 2. The zero-order valence-corrected chi connectivity index (χ0v) is 10.1. The Morgan fingerprint density at radius 3 is 2.75 bits per heavy atom. The van der Waals surface area contributed by atoms with Crippen LogP contribution in [-0.2, 0) is 6.54 Å². The Labute approximate surface area is 103 Å². The lowest BCUT2D eigenvalue weighted by atomic mass is 10.2. The zero-order valence-electron chi connectivity index (χ0n) is 8.59. The van der Waals surface area contributed by atoms with Gasteiger partial charge in [0.1, 0.15) is 5.52 Å². The first-order chi connectivity index (χ1) is 7.63. The molecule has 0 unspecified atom stereocenters. The van der Waals surface area contributed by atoms with Crippen LogP contribution < -0.4 is 5.32 Å². The minimum atomic E-state index is -0.0287. The molecule has 84 valence electrons. The predicted octanol–water partition coefficient (Wildman–Crippen LogP) is 2.97. The zero-order chi connectivity index (χ0) is 11.7. The van der Waals surface area contributed by atoms with Crippen LogP contribution in [0.15, 0.2) is 18.2 Å². The Morgan fingerprint density at radius 2 is 2.06 bits per heavy atom. The molecule has 0 radical (unpaired) electrons. The van der Waals surface area contributed by atoms with Crippen LogP contribution in [0.25, 0.3) is 10.9 Å². The number of nitrogens with zero attached hydrogens (tertiary/aromatic N) is 1. The van der Waals surface area contributed by atoms with Crippen molar-refractivity contribution in [3.63, 3.8) is 0 Å². The van der Waals surface area contributed by atoms with E-state index in [-0.39, 0.29) is 10.8 Å². The maximum Gasteiger partial charge on any atom is 0.160 e. The van der Waals surface area contributed by atoms with Crippen molar-refractivity contribution >= 4 is 34.1 Å². The van der Waals surface area contributed by atoms with E-state index in [1.54, 1.807) is 0 Å². The molecule has 0 aliphatic rings. The van der Waals surface area contributed by atoms with Gasteiger partial charge in [0, 0.05) is 11.9 Å². The SMILES string of the molecule is CNCc1ccc2c(Cl)cc(Cl)c(O)c2n1. The number of fused-ring (bicyclic) bond motifs is 1. The summed E-state index contributed by atoms with van der Waals surface area (Å²) in [6, 6.07) is 5.20. The fourth-order valence-corrected chi connectivity index (χ4v) is 2.04. The van der Waals surface area contributed by atoms with Crippen molar-refractivity contribution in [2.45, 2.75) is 6.54 Å². The van der Waals surface area contributed by atoms with Crippen LogP contribution in [0.2, 0.25) is 10.0 Å². The number of pyridine rings is 1. The Bertz CT molecular complexity index is 543. The van der Waals surface area contributed by atoms with Gasteiger partial charge in [-0.15, -0.1) is 0 Å². The summed E-state index contributed by atoms with van der Waals surface area (Å²) in [5.41, 5.74) is 1.26. The minimum absolute atomic E-state index is 0.0287. The van der Waals surface area contributed by atoms with Crippen LogP contribution in [0.3, 0.4) is 0 Å². The third kappa shape index (κ3) is 1.94. The molecule has 2 aromatic rings. The number of phenolic OH excluding ortho intramolecular Hbond substituents is 1. The van der Waals surface area contributed by atoms with Gasteiger partial charge in [-0.05, 0) is 25.2 Å². The molecular formula is C11H10Cl2N2O. The number of phenols is 1. The van der Waals surface area contributed by atoms with Crippen molar-refractivity contribution in [3.05, 3.63) is 33.9 Å². The van der Waals surface area contributed by atoms with Gasteiger partial charge >= 0.3 is 0 Å². The summed E-state index contributed by atoms with van der Waals surface area (Å²) in [6.45, 7) is 0.625. The number of nitrogens with one attached hydrogen (secondary N) is 1. The lowest BCUT2D eigenvalue weighted by molar-refractivity contribution is 0.480. The highest BCUT2D eigenvalue weighted by atomic mass is 35.5. The summed E-state index contributed by atoms with van der Waals surface area (Å²) < 4.78 is 0. The van der Waals surface area contributed by atoms with Crippen molar-refractivity contribution in [2.24, 2.45) is 0 Å². The molecule has 3 nitrogen and oxygen atoms in total. The van der Waals surface area contributed by atoms with E-state index in [1.165, 1.54) is 6.07 Å². The van der Waals surface area contributed by atoms with E-state index in [0.29, 0.717) is 22.5 Å². The molecule has 5 heteroatoms. The smallest absolute Gasteiger partial charge is 0.160 e. The molecule has 16 heavy (non-hydrogen) atoms. The van der Waals surface area contributed by atoms with E-state index in [2.05, 4.69) is 10.3 Å². The molecule has 2 N–H and O–H groups in total. The van der Waals surface area contributed by atoms with Crippen LogP contribution in [0.4, 0.5) is 0 Å². The second kappa shape index (κ2) is 4.45. The van der Waals surface area contributed by atoms with Gasteiger partial charge in [-0.25, -0.2) is 4.98 Å². The topological polar surface area (TPSA) is 45.1 Å². The maximum absolute atomic E-state index is 9.80. The monoisotopic (exact) mass is 256 g/mol. The summed E-state index contributed by atoms with van der Waals surface area (Å²) >= 11 is 11.8. The van der Waals surface area contributed by atoms with Gasteiger partial charge in [0.25, 0.3) is 0 Å². The van der Waals surface area contributed by atoms with Crippen molar-refractivity contribution < 1.29 is 5.11 Å². The van der Waals surface area contributed by atoms with Crippen LogP contribution >= 0.6 is 23.2 Å². The molecule has 1 aromatic carbocycles. The van der Waals surface area contributed by atoms with Gasteiger partial charge in [0.15, 0.2) is 5.75 Å². The van der Waals surface area contributed by atoms with E-state index in [1.807, 2.05) is 19.2 Å². The molecule has 0 saturated carbocycles. The number of aromatic nitrogens is 1. The molecule has 2 rings (SSSR count). The molecule has 0 atom stereocenters. The highest BCUT2D eigenvalue weighted by Crippen LogP contribution is 2.36. The molecule has 1 aromatic heterocycles. The number of halogens is 2. The molecule has 0 saturated heterocycles. The first kappa shape index (κ1) is 11.5. The predicted molar refractivity (Wildman–Crippen MR) is 66.2 cm³/mol. The van der Waals surface area contributed by atoms with Crippen molar-refractivity contribution in [3.8, 4) is 5.75 Å². The molecule has 0 fully saturated rings. The summed E-state index contributed by atoms with van der Waals surface area (Å²) in [7, 11) is 1.83. The standard InChI is InChI=1S/C11H10Cl2N2O/c1-14-5-6-2-3-7-8(12)4-9(13)11(16)10(7)15-6/h2-4,14,16H,5H2,1H3. The minimum Gasteiger partial charge on any atom is -0.504 e. The second-order valence-electron chi connectivity index (χ2n) is 3.42. The number of benzene rings is 1. The largest absolute Gasteiger partial charge is 0.504 e. The van der Waals surface area contributed by atoms with E-state index in [4.69, 9.17) is 23.2 Å². The van der Waals surface area contributed by atoms with Crippen LogP contribution in [0.1, 0.15) is 5.69 Å². The second-order valence-corrected chi connectivity index (χ2v) is 4.23. The van der Waals surface area contributed by atoms with E-state index in [9.17, 15) is 5.11 Å². The van der Waals surface area contributed by atoms with Gasteiger partial charge < -0.3 is 10.4 Å². The molecule has 0 amide bonds. The summed E-state index contributed by atoms with van der Waals surface area (Å²) in [4.78, 5) is 4.30. The lowest BCUT2D eigenvalue weighted by Gasteiger charge is -2.07. The first-order valence-electron chi connectivity index (χ1n) is 4.74. The van der Waals surface area contributed by atoms with Gasteiger partial charge in [-0.3, -0.25) is 0 Å². The summed E-state index contributed by atoms with van der Waals surface area (Å²) in [5.74, 6) is -0.0287. The maximum atomic E-state index is 9.80. The van der Waals surface area contributed by atoms with Crippen LogP contribution in [0.5, 0.6) is 5.75 Å². The van der Waals surface area contributed by atoms with Gasteiger partial charge in [-0.1, -0.05) is 23.2 Å². The molecule has 1 heterocycles. The third-order valence-corrected chi connectivity index (χ3v) is 2.87. The molecule has 0 aliphatic heterocycles. The Morgan fingerprint density at radius 1 is 1.31 bits per heavy atom. The highest BCUT2D eigenvalue weighted by molar-refractivity contribution is 6.39. The molecule has 0 bridgehead atoms. The summed E-state index contributed by atoms with van der Waals surface area (Å²) in [6.07, 6.45) is 0. The molecule has 0 spiro atoms. The normalized spacial score (nSPS) is 10.9. The van der Waals surface area contributed by atoms with Crippen molar-refractivity contribution in [1.29, 1.82) is 0 Å².